The normalized spacial score (nSPS) is 17.1. The van der Waals surface area contributed by atoms with Gasteiger partial charge in [-0.1, -0.05) is 24.3 Å². The van der Waals surface area contributed by atoms with E-state index in [9.17, 15) is 32.7 Å². The van der Waals surface area contributed by atoms with Crippen LogP contribution < -0.4 is 10.1 Å². The number of fused-ring (bicyclic) bond motifs is 1. The molecule has 1 aromatic heterocycles. The zero-order chi connectivity index (χ0) is 30.6. The van der Waals surface area contributed by atoms with Gasteiger partial charge in [0.2, 0.25) is 0 Å². The van der Waals surface area contributed by atoms with Crippen molar-refractivity contribution in [3.8, 4) is 22.8 Å². The van der Waals surface area contributed by atoms with Crippen molar-refractivity contribution in [3.63, 3.8) is 0 Å². The number of nitrogens with one attached hydrogen (secondary N) is 1. The summed E-state index contributed by atoms with van der Waals surface area (Å²) >= 11 is 0. The van der Waals surface area contributed by atoms with Crippen LogP contribution in [0.15, 0.2) is 60.8 Å². The minimum atomic E-state index is -1.91. The number of methoxy groups -OCH3 is 1. The van der Waals surface area contributed by atoms with Crippen LogP contribution in [-0.4, -0.2) is 45.3 Å². The number of carbonyl (C=O) groups excluding carboxylic acids is 3. The lowest BCUT2D eigenvalue weighted by Crippen LogP contribution is -2.48. The lowest BCUT2D eigenvalue weighted by molar-refractivity contribution is -0.131. The minimum Gasteiger partial charge on any atom is -0.497 e. The van der Waals surface area contributed by atoms with E-state index in [-0.39, 0.29) is 29.1 Å². The first-order valence-electron chi connectivity index (χ1n) is 12.7. The molecule has 42 heavy (non-hydrogen) atoms. The van der Waals surface area contributed by atoms with Gasteiger partial charge in [-0.05, 0) is 67.8 Å². The van der Waals surface area contributed by atoms with Crippen LogP contribution >= 0.6 is 0 Å². The third kappa shape index (κ3) is 4.89. The molecule has 1 fully saturated rings. The maximum absolute atomic E-state index is 14.0. The van der Waals surface area contributed by atoms with E-state index >= 15 is 0 Å². The Balaban J connectivity index is 1.61. The predicted molar refractivity (Wildman–Crippen MR) is 145 cm³/mol. The second-order valence-corrected chi connectivity index (χ2v) is 10.8. The molecule has 0 aliphatic carbocycles. The smallest absolute Gasteiger partial charge is 0.425 e. The van der Waals surface area contributed by atoms with Crippen molar-refractivity contribution in [2.24, 2.45) is 0 Å². The number of benzene rings is 3. The second-order valence-electron chi connectivity index (χ2n) is 10.8. The van der Waals surface area contributed by atoms with Gasteiger partial charge in [0, 0.05) is 17.0 Å². The van der Waals surface area contributed by atoms with E-state index in [1.165, 1.54) is 35.9 Å². The van der Waals surface area contributed by atoms with E-state index in [0.29, 0.717) is 21.4 Å². The Kier molecular flexibility index (Phi) is 6.88. The molecule has 1 aliphatic rings. The average Bonchev–Trinajstić information content (AvgIpc) is 3.37. The van der Waals surface area contributed by atoms with Crippen LogP contribution in [0, 0.1) is 17.5 Å². The Labute approximate surface area is 238 Å². The highest BCUT2D eigenvalue weighted by Gasteiger charge is 2.56. The molecule has 12 heteroatoms. The molecule has 0 spiro atoms. The summed E-state index contributed by atoms with van der Waals surface area (Å²) in [6.45, 7) is 4.38. The molecule has 1 aliphatic heterocycles. The van der Waals surface area contributed by atoms with Crippen molar-refractivity contribution < 1.29 is 42.1 Å². The average molecular weight is 582 g/mol. The van der Waals surface area contributed by atoms with Crippen molar-refractivity contribution in [2.45, 2.75) is 38.5 Å². The maximum Gasteiger partial charge on any atom is 0.425 e. The number of carbonyl (C=O) groups is 3. The largest absolute Gasteiger partial charge is 0.497 e. The molecule has 4 aromatic rings. The highest BCUT2D eigenvalue weighted by molar-refractivity contribution is 6.17. The first-order chi connectivity index (χ1) is 19.7. The van der Waals surface area contributed by atoms with E-state index in [4.69, 9.17) is 9.47 Å². The maximum atomic E-state index is 14.0. The molecule has 0 saturated carbocycles. The van der Waals surface area contributed by atoms with Gasteiger partial charge in [-0.25, -0.2) is 22.8 Å². The number of urea groups is 1. The zero-order valence-corrected chi connectivity index (χ0v) is 23.0. The third-order valence-corrected chi connectivity index (χ3v) is 6.84. The minimum absolute atomic E-state index is 0.0346. The van der Waals surface area contributed by atoms with Crippen LogP contribution in [-0.2, 0) is 21.6 Å². The summed E-state index contributed by atoms with van der Waals surface area (Å²) in [5.74, 6) is -5.00. The number of nitrogens with zero attached hydrogens (tertiary/aromatic N) is 2. The van der Waals surface area contributed by atoms with E-state index in [0.717, 1.165) is 12.1 Å². The molecule has 1 unspecified atom stereocenters. The van der Waals surface area contributed by atoms with Gasteiger partial charge in [0.25, 0.3) is 5.91 Å². The Morgan fingerprint density at radius 1 is 0.976 bits per heavy atom. The Hall–Kier alpha value is -5.00. The number of rotatable bonds is 5. The molecule has 9 nitrogen and oxygen atoms in total. The molecule has 0 radical (unpaired) electrons. The fourth-order valence-electron chi connectivity index (χ4n) is 4.85. The van der Waals surface area contributed by atoms with Crippen molar-refractivity contribution >= 4 is 28.8 Å². The quantitative estimate of drug-likeness (QED) is 0.227. The summed E-state index contributed by atoms with van der Waals surface area (Å²) in [6.07, 6.45) is 0.371. The van der Waals surface area contributed by atoms with E-state index < -0.39 is 46.6 Å². The molecule has 1 saturated heterocycles. The zero-order valence-electron chi connectivity index (χ0n) is 23.0. The Bertz CT molecular complexity index is 1720. The molecular formula is C30H26F3N3O6. The summed E-state index contributed by atoms with van der Waals surface area (Å²) in [6, 6.07) is 11.3. The number of hydrogen-bond donors (Lipinski definition) is 2. The fourth-order valence-corrected chi connectivity index (χ4v) is 4.85. The van der Waals surface area contributed by atoms with Crippen LogP contribution in [0.5, 0.6) is 11.6 Å². The fraction of sp³-hybridized carbons (Fsp3) is 0.233. The molecule has 2 N–H and O–H groups in total. The van der Waals surface area contributed by atoms with E-state index in [1.807, 2.05) is 0 Å². The van der Waals surface area contributed by atoms with Gasteiger partial charge in [0.05, 0.1) is 13.7 Å². The first-order valence-corrected chi connectivity index (χ1v) is 12.7. The van der Waals surface area contributed by atoms with Crippen molar-refractivity contribution in [1.82, 2.24) is 14.8 Å². The van der Waals surface area contributed by atoms with E-state index in [1.54, 1.807) is 45.2 Å². The molecule has 218 valence electrons. The SMILES string of the molecule is COc1ccc2c(O)n(CC3(c4ccc(-c5cc(F)c(F)c(F)c5)cc4)NC(=O)N(C(=O)OC(C)(C)C)C3=O)cc2c1. The lowest BCUT2D eigenvalue weighted by atomic mass is 9.88. The number of amides is 4. The van der Waals surface area contributed by atoms with Crippen molar-refractivity contribution in [1.29, 1.82) is 0 Å². The summed E-state index contributed by atoms with van der Waals surface area (Å²) < 4.78 is 53.1. The van der Waals surface area contributed by atoms with Crippen LogP contribution in [0.1, 0.15) is 26.3 Å². The number of aromatic nitrogens is 1. The topological polar surface area (TPSA) is 110 Å². The van der Waals surface area contributed by atoms with E-state index in [2.05, 4.69) is 5.32 Å². The molecule has 4 amide bonds. The van der Waals surface area contributed by atoms with Crippen LogP contribution in [0.2, 0.25) is 0 Å². The first kappa shape index (κ1) is 28.5. The molecule has 0 bridgehead atoms. The number of imide groups is 3. The highest BCUT2D eigenvalue weighted by atomic mass is 19.2. The summed E-state index contributed by atoms with van der Waals surface area (Å²) in [5.41, 5.74) is -2.42. The lowest BCUT2D eigenvalue weighted by Gasteiger charge is -2.28. The monoisotopic (exact) mass is 581 g/mol. The van der Waals surface area contributed by atoms with Crippen LogP contribution in [0.3, 0.4) is 0 Å². The van der Waals surface area contributed by atoms with Gasteiger partial charge in [-0.3, -0.25) is 4.79 Å². The molecular weight excluding hydrogens is 555 g/mol. The third-order valence-electron chi connectivity index (χ3n) is 6.84. The predicted octanol–water partition coefficient (Wildman–Crippen LogP) is 5.82. The van der Waals surface area contributed by atoms with Crippen LogP contribution in [0.25, 0.3) is 21.9 Å². The van der Waals surface area contributed by atoms with Gasteiger partial charge < -0.3 is 24.5 Å². The number of halogens is 3. The summed E-state index contributed by atoms with van der Waals surface area (Å²) in [5, 5.41) is 14.6. The van der Waals surface area contributed by atoms with Crippen LogP contribution in [0.4, 0.5) is 22.8 Å². The van der Waals surface area contributed by atoms with Gasteiger partial charge in [0.1, 0.15) is 11.4 Å². The van der Waals surface area contributed by atoms with Crippen molar-refractivity contribution in [3.05, 3.63) is 83.8 Å². The number of aromatic hydroxyl groups is 1. The Morgan fingerprint density at radius 2 is 1.62 bits per heavy atom. The molecule has 2 heterocycles. The second kappa shape index (κ2) is 10.1. The van der Waals surface area contributed by atoms with Gasteiger partial charge in [-0.15, -0.1) is 0 Å². The van der Waals surface area contributed by atoms with Gasteiger partial charge >= 0.3 is 12.1 Å². The molecule has 5 rings (SSSR count). The number of hydrogen-bond acceptors (Lipinski definition) is 6. The van der Waals surface area contributed by atoms with Gasteiger partial charge in [-0.2, -0.15) is 4.90 Å². The van der Waals surface area contributed by atoms with Gasteiger partial charge in [0.15, 0.2) is 28.9 Å². The summed E-state index contributed by atoms with van der Waals surface area (Å²) in [7, 11) is 1.49. The molecule has 1 atom stereocenters. The highest BCUT2D eigenvalue weighted by Crippen LogP contribution is 2.38. The number of ether oxygens (including phenoxy) is 2. The van der Waals surface area contributed by atoms with Crippen molar-refractivity contribution in [2.75, 3.05) is 7.11 Å². The standard InChI is InChI=1S/C30H26F3N3O6/c1-29(2,3)42-28(40)36-26(38)30(34-27(36)39,15-35-14-18-11-20(41-4)9-10-21(18)25(35)37)19-7-5-16(6-8-19)17-12-22(31)24(33)23(32)13-17/h5-14,37H,15H2,1-4H3,(H,34,39). The molecule has 3 aromatic carbocycles. The summed E-state index contributed by atoms with van der Waals surface area (Å²) in [4.78, 5) is 40.3. The Morgan fingerprint density at radius 3 is 2.21 bits per heavy atom.